The number of rotatable bonds is 2. The van der Waals surface area contributed by atoms with Crippen LogP contribution in [-0.4, -0.2) is 0 Å². The zero-order valence-electron chi connectivity index (χ0n) is 8.74. The molecule has 0 amide bonds. The lowest BCUT2D eigenvalue weighted by atomic mass is 10.1. The van der Waals surface area contributed by atoms with Gasteiger partial charge in [-0.2, -0.15) is 0 Å². The highest BCUT2D eigenvalue weighted by Gasteiger charge is 2.21. The first-order valence-electron chi connectivity index (χ1n) is 5.16. The van der Waals surface area contributed by atoms with Crippen molar-refractivity contribution in [2.24, 2.45) is 0 Å². The molecule has 0 aliphatic heterocycles. The maximum atomic E-state index is 3.51. The smallest absolute Gasteiger partial charge is 0.0241 e. The molecule has 0 spiro atoms. The van der Waals surface area contributed by atoms with Gasteiger partial charge in [-0.3, -0.25) is 0 Å². The monoisotopic (exact) mass is 386 g/mol. The summed E-state index contributed by atoms with van der Waals surface area (Å²) in [6.07, 6.45) is 1.05. The van der Waals surface area contributed by atoms with Gasteiger partial charge in [0.2, 0.25) is 0 Å². The molecule has 86 valence electrons. The summed E-state index contributed by atoms with van der Waals surface area (Å²) in [7, 11) is 3.27. The summed E-state index contributed by atoms with van der Waals surface area (Å²) >= 11 is 6.97. The van der Waals surface area contributed by atoms with E-state index in [-0.39, 0.29) is 0 Å². The van der Waals surface area contributed by atoms with E-state index in [1.54, 1.807) is 20.4 Å². The van der Waals surface area contributed by atoms with Gasteiger partial charge in [0.15, 0.2) is 0 Å². The Hall–Kier alpha value is 0.100. The second kappa shape index (κ2) is 5.00. The van der Waals surface area contributed by atoms with Crippen LogP contribution in [0.15, 0.2) is 46.2 Å². The number of halogens is 2. The lowest BCUT2D eigenvalue weighted by molar-refractivity contribution is 1.17. The Kier molecular flexibility index (Phi) is 3.57. The summed E-state index contributed by atoms with van der Waals surface area (Å²) in [5.74, 6) is 0. The summed E-state index contributed by atoms with van der Waals surface area (Å²) in [6, 6.07) is 13.2. The van der Waals surface area contributed by atoms with E-state index in [2.05, 4.69) is 66.0 Å². The number of benzene rings is 2. The van der Waals surface area contributed by atoms with Crippen LogP contribution >= 0.6 is 50.0 Å². The quantitative estimate of drug-likeness (QED) is 0.523. The van der Waals surface area contributed by atoms with Crippen LogP contribution in [0.2, 0.25) is 0 Å². The number of fused-ring (bicyclic) bond motifs is 3. The average molecular weight is 388 g/mol. The fourth-order valence-electron chi connectivity index (χ4n) is 2.28. The van der Waals surface area contributed by atoms with Gasteiger partial charge in [-0.05, 0) is 90.8 Å². The van der Waals surface area contributed by atoms with Gasteiger partial charge in [0.1, 0.15) is 0 Å². The van der Waals surface area contributed by atoms with Crippen LogP contribution in [0.25, 0.3) is 11.1 Å². The van der Waals surface area contributed by atoms with Crippen molar-refractivity contribution in [3.8, 4) is 11.1 Å². The third-order valence-corrected chi connectivity index (χ3v) is 6.14. The molecule has 1 aliphatic rings. The molecule has 1 aliphatic carbocycles. The van der Waals surface area contributed by atoms with Crippen LogP contribution in [0, 0.1) is 0 Å². The molecular weight excluding hydrogens is 380 g/mol. The predicted molar refractivity (Wildman–Crippen MR) is 84.3 cm³/mol. The van der Waals surface area contributed by atoms with Gasteiger partial charge >= 0.3 is 0 Å². The Morgan fingerprint density at radius 2 is 1.76 bits per heavy atom. The van der Waals surface area contributed by atoms with Gasteiger partial charge in [-0.1, -0.05) is 24.3 Å². The summed E-state index contributed by atoms with van der Waals surface area (Å²) in [5, 5.41) is 0. The molecule has 0 heterocycles. The number of hydrogen-bond acceptors (Lipinski definition) is 2. The van der Waals surface area contributed by atoms with Gasteiger partial charge in [-0.15, -0.1) is 0 Å². The molecular formula is C13H8Br2S2. The number of hydrogen-bond donors (Lipinski definition) is 0. The van der Waals surface area contributed by atoms with Crippen molar-refractivity contribution in [2.45, 2.75) is 16.2 Å². The molecule has 0 unspecified atom stereocenters. The molecule has 0 radical (unpaired) electrons. The maximum Gasteiger partial charge on any atom is 0.0241 e. The van der Waals surface area contributed by atoms with E-state index < -0.39 is 0 Å². The van der Waals surface area contributed by atoms with Gasteiger partial charge in [0.25, 0.3) is 0 Å². The predicted octanol–water partition coefficient (Wildman–Crippen LogP) is 6.06. The first-order chi connectivity index (χ1) is 8.33. The van der Waals surface area contributed by atoms with Crippen LogP contribution < -0.4 is 0 Å². The summed E-state index contributed by atoms with van der Waals surface area (Å²) in [4.78, 5) is 2.57. The van der Waals surface area contributed by atoms with Gasteiger partial charge < -0.3 is 0 Å². The zero-order chi connectivity index (χ0) is 11.8. The van der Waals surface area contributed by atoms with Crippen molar-refractivity contribution >= 4 is 50.0 Å². The van der Waals surface area contributed by atoms with Crippen molar-refractivity contribution in [1.29, 1.82) is 0 Å². The first-order valence-corrected chi connectivity index (χ1v) is 10.5. The first kappa shape index (κ1) is 12.2. The fourth-order valence-corrected chi connectivity index (χ4v) is 4.56. The van der Waals surface area contributed by atoms with Crippen molar-refractivity contribution in [3.05, 3.63) is 47.5 Å². The molecule has 0 aromatic heterocycles. The van der Waals surface area contributed by atoms with E-state index >= 15 is 0 Å². The van der Waals surface area contributed by atoms with Crippen LogP contribution in [0.4, 0.5) is 0 Å². The Morgan fingerprint density at radius 3 is 2.53 bits per heavy atom. The second-order valence-corrected chi connectivity index (χ2v) is 7.10. The Morgan fingerprint density at radius 1 is 0.941 bits per heavy atom. The SMILES string of the molecule is BrSc1cc(SBr)c2c(c1)-c1ccccc1C2. The van der Waals surface area contributed by atoms with Crippen LogP contribution in [0.3, 0.4) is 0 Å². The van der Waals surface area contributed by atoms with E-state index in [1.807, 2.05) is 0 Å². The normalized spacial score (nSPS) is 12.4. The molecule has 2 aromatic rings. The molecule has 0 fully saturated rings. The van der Waals surface area contributed by atoms with Gasteiger partial charge in [-0.25, -0.2) is 0 Å². The van der Waals surface area contributed by atoms with E-state index in [9.17, 15) is 0 Å². The molecule has 3 rings (SSSR count). The minimum Gasteiger partial charge on any atom is -0.0619 e. The minimum absolute atomic E-state index is 1.05. The van der Waals surface area contributed by atoms with Gasteiger partial charge in [0, 0.05) is 9.79 Å². The van der Waals surface area contributed by atoms with Crippen molar-refractivity contribution < 1.29 is 0 Å². The molecule has 17 heavy (non-hydrogen) atoms. The highest BCUT2D eigenvalue weighted by Crippen LogP contribution is 2.45. The zero-order valence-corrected chi connectivity index (χ0v) is 13.5. The van der Waals surface area contributed by atoms with Crippen LogP contribution in [0.5, 0.6) is 0 Å². The van der Waals surface area contributed by atoms with E-state index in [0.717, 1.165) is 6.42 Å². The molecule has 0 saturated heterocycles. The maximum absolute atomic E-state index is 3.51. The Bertz CT molecular complexity index is 582. The minimum atomic E-state index is 1.05. The van der Waals surface area contributed by atoms with E-state index in [4.69, 9.17) is 0 Å². The molecule has 0 atom stereocenters. The lowest BCUT2D eigenvalue weighted by Crippen LogP contribution is -1.84. The van der Waals surface area contributed by atoms with Crippen LogP contribution in [-0.2, 0) is 6.42 Å². The van der Waals surface area contributed by atoms with Gasteiger partial charge in [0.05, 0.1) is 0 Å². The third-order valence-electron chi connectivity index (χ3n) is 3.03. The molecule has 0 saturated carbocycles. The standard InChI is InChI=1S/C13H8Br2S2/c14-16-9-6-11-10-4-2-1-3-8(10)5-12(11)13(7-9)17-15/h1-4,6-7H,5H2. The fraction of sp³-hybridized carbons (Fsp3) is 0.0769. The van der Waals surface area contributed by atoms with E-state index in [0.29, 0.717) is 0 Å². The Labute approximate surface area is 124 Å². The summed E-state index contributed by atoms with van der Waals surface area (Å²) in [6.45, 7) is 0. The molecule has 0 nitrogen and oxygen atoms in total. The molecule has 0 bridgehead atoms. The van der Waals surface area contributed by atoms with Crippen LogP contribution in [0.1, 0.15) is 11.1 Å². The van der Waals surface area contributed by atoms with Crippen molar-refractivity contribution in [2.75, 3.05) is 0 Å². The summed E-state index contributed by atoms with van der Waals surface area (Å²) < 4.78 is 0. The highest BCUT2D eigenvalue weighted by molar-refractivity contribution is 9.50. The molecule has 4 heteroatoms. The van der Waals surface area contributed by atoms with Crippen molar-refractivity contribution in [1.82, 2.24) is 0 Å². The van der Waals surface area contributed by atoms with Crippen molar-refractivity contribution in [3.63, 3.8) is 0 Å². The molecule has 0 N–H and O–H groups in total. The highest BCUT2D eigenvalue weighted by atomic mass is 79.9. The topological polar surface area (TPSA) is 0 Å². The third kappa shape index (κ3) is 2.09. The second-order valence-electron chi connectivity index (χ2n) is 3.94. The Balaban J connectivity index is 2.25. The molecule has 2 aromatic carbocycles. The lowest BCUT2D eigenvalue weighted by Gasteiger charge is -2.07. The van der Waals surface area contributed by atoms with E-state index in [1.165, 1.54) is 32.0 Å². The average Bonchev–Trinajstić information content (AvgIpc) is 2.76. The summed E-state index contributed by atoms with van der Waals surface area (Å²) in [5.41, 5.74) is 5.64. The largest absolute Gasteiger partial charge is 0.0619 e.